The van der Waals surface area contributed by atoms with E-state index >= 15 is 0 Å². The summed E-state index contributed by atoms with van der Waals surface area (Å²) in [6, 6.07) is 5.16. The van der Waals surface area contributed by atoms with Crippen LogP contribution in [0.5, 0.6) is 5.75 Å². The maximum atomic E-state index is 11.9. The van der Waals surface area contributed by atoms with Gasteiger partial charge in [0, 0.05) is 12.3 Å². The highest BCUT2D eigenvalue weighted by Gasteiger charge is 2.09. The molecule has 4 nitrogen and oxygen atoms in total. The van der Waals surface area contributed by atoms with Gasteiger partial charge in [0.25, 0.3) is 0 Å². The molecule has 1 rings (SSSR count). The third kappa shape index (κ3) is 3.50. The van der Waals surface area contributed by atoms with Crippen molar-refractivity contribution in [2.75, 3.05) is 31.8 Å². The standard InChI is InChI=1S/C11H17NO3S/c1-3-15-6-7-16(13)11-8-9(14-2)4-5-10(11)12/h4-5,8H,3,6-7,12H2,1-2H3. The highest BCUT2D eigenvalue weighted by atomic mass is 32.2. The molecule has 16 heavy (non-hydrogen) atoms. The van der Waals surface area contributed by atoms with E-state index in [0.717, 1.165) is 0 Å². The average molecular weight is 243 g/mol. The zero-order valence-electron chi connectivity index (χ0n) is 9.56. The molecule has 5 heteroatoms. The summed E-state index contributed by atoms with van der Waals surface area (Å²) in [4.78, 5) is 0.610. The third-order valence-electron chi connectivity index (χ3n) is 2.08. The molecule has 90 valence electrons. The van der Waals surface area contributed by atoms with Crippen molar-refractivity contribution in [3.8, 4) is 5.75 Å². The molecule has 0 spiro atoms. The van der Waals surface area contributed by atoms with Crippen LogP contribution in [-0.2, 0) is 15.5 Å². The first-order valence-electron chi connectivity index (χ1n) is 5.08. The smallest absolute Gasteiger partial charge is 0.120 e. The van der Waals surface area contributed by atoms with Crippen molar-refractivity contribution < 1.29 is 13.7 Å². The molecule has 0 heterocycles. The molecule has 0 aromatic heterocycles. The second-order valence-electron chi connectivity index (χ2n) is 3.15. The number of hydrogen-bond donors (Lipinski definition) is 1. The number of nitrogens with two attached hydrogens (primary N) is 1. The number of methoxy groups -OCH3 is 1. The predicted molar refractivity (Wildman–Crippen MR) is 65.2 cm³/mol. The molecule has 1 unspecified atom stereocenters. The van der Waals surface area contributed by atoms with Gasteiger partial charge in [-0.25, -0.2) is 0 Å². The third-order valence-corrected chi connectivity index (χ3v) is 3.46. The van der Waals surface area contributed by atoms with Crippen LogP contribution in [0.3, 0.4) is 0 Å². The molecule has 0 aliphatic rings. The molecule has 0 radical (unpaired) electrons. The maximum absolute atomic E-state index is 11.9. The zero-order valence-corrected chi connectivity index (χ0v) is 10.4. The molecule has 0 aliphatic heterocycles. The number of hydrogen-bond acceptors (Lipinski definition) is 4. The Hall–Kier alpha value is -1.07. The van der Waals surface area contributed by atoms with Crippen LogP contribution in [0.1, 0.15) is 6.92 Å². The molecule has 1 aromatic rings. The molecule has 0 aliphatic carbocycles. The highest BCUT2D eigenvalue weighted by Crippen LogP contribution is 2.22. The van der Waals surface area contributed by atoms with Gasteiger partial charge in [0.2, 0.25) is 0 Å². The summed E-state index contributed by atoms with van der Waals surface area (Å²) in [6.45, 7) is 3.01. The lowest BCUT2D eigenvalue weighted by Crippen LogP contribution is -2.08. The van der Waals surface area contributed by atoms with Gasteiger partial charge in [-0.15, -0.1) is 0 Å². The summed E-state index contributed by atoms with van der Waals surface area (Å²) in [6.07, 6.45) is 0. The predicted octanol–water partition coefficient (Wildman–Crippen LogP) is 1.42. The molecular weight excluding hydrogens is 226 g/mol. The molecule has 0 saturated heterocycles. The fraction of sp³-hybridized carbons (Fsp3) is 0.455. The fourth-order valence-corrected chi connectivity index (χ4v) is 2.30. The van der Waals surface area contributed by atoms with E-state index in [1.165, 1.54) is 0 Å². The molecule has 0 fully saturated rings. The van der Waals surface area contributed by atoms with Gasteiger partial charge in [0.15, 0.2) is 0 Å². The van der Waals surface area contributed by atoms with E-state index in [1.807, 2.05) is 6.92 Å². The van der Waals surface area contributed by atoms with E-state index in [4.69, 9.17) is 15.2 Å². The average Bonchev–Trinajstić information content (AvgIpc) is 2.30. The molecule has 1 atom stereocenters. The van der Waals surface area contributed by atoms with E-state index < -0.39 is 10.8 Å². The Morgan fingerprint density at radius 2 is 2.19 bits per heavy atom. The van der Waals surface area contributed by atoms with Crippen molar-refractivity contribution in [1.29, 1.82) is 0 Å². The first kappa shape index (κ1) is 13.0. The number of ether oxygens (including phenoxy) is 2. The Balaban J connectivity index is 2.73. The van der Waals surface area contributed by atoms with E-state index in [1.54, 1.807) is 25.3 Å². The summed E-state index contributed by atoms with van der Waals surface area (Å²) in [5.41, 5.74) is 6.28. The van der Waals surface area contributed by atoms with E-state index in [9.17, 15) is 4.21 Å². The lowest BCUT2D eigenvalue weighted by molar-refractivity contribution is 0.164. The zero-order chi connectivity index (χ0) is 12.0. The highest BCUT2D eigenvalue weighted by molar-refractivity contribution is 7.85. The van der Waals surface area contributed by atoms with Crippen molar-refractivity contribution in [2.24, 2.45) is 0 Å². The van der Waals surface area contributed by atoms with Crippen LogP contribution >= 0.6 is 0 Å². The van der Waals surface area contributed by atoms with Crippen LogP contribution in [0, 0.1) is 0 Å². The lowest BCUT2D eigenvalue weighted by atomic mass is 10.3. The molecule has 0 saturated carbocycles. The Labute approximate surface area is 98.2 Å². The van der Waals surface area contributed by atoms with Gasteiger partial charge in [-0.1, -0.05) is 0 Å². The van der Waals surface area contributed by atoms with E-state index in [0.29, 0.717) is 35.3 Å². The summed E-state index contributed by atoms with van der Waals surface area (Å²) in [5.74, 6) is 1.11. The number of rotatable bonds is 6. The first-order chi connectivity index (χ1) is 7.69. The van der Waals surface area contributed by atoms with Crippen LogP contribution in [-0.4, -0.2) is 30.3 Å². The summed E-state index contributed by atoms with van der Waals surface area (Å²) >= 11 is 0. The number of anilines is 1. The van der Waals surface area contributed by atoms with Crippen LogP contribution in [0.25, 0.3) is 0 Å². The normalized spacial score (nSPS) is 12.4. The number of nitrogen functional groups attached to an aromatic ring is 1. The van der Waals surface area contributed by atoms with Gasteiger partial charge < -0.3 is 15.2 Å². The van der Waals surface area contributed by atoms with Crippen molar-refractivity contribution in [3.05, 3.63) is 18.2 Å². The van der Waals surface area contributed by atoms with Crippen LogP contribution < -0.4 is 10.5 Å². The SMILES string of the molecule is CCOCCS(=O)c1cc(OC)ccc1N. The molecule has 2 N–H and O–H groups in total. The maximum Gasteiger partial charge on any atom is 0.120 e. The van der Waals surface area contributed by atoms with Crippen molar-refractivity contribution in [3.63, 3.8) is 0 Å². The van der Waals surface area contributed by atoms with Gasteiger partial charge in [-0.3, -0.25) is 4.21 Å². The quantitative estimate of drug-likeness (QED) is 0.606. The van der Waals surface area contributed by atoms with Gasteiger partial charge in [-0.05, 0) is 25.1 Å². The minimum absolute atomic E-state index is 0.450. The van der Waals surface area contributed by atoms with Crippen LogP contribution in [0.4, 0.5) is 5.69 Å². The Bertz CT molecular complexity index is 368. The second kappa shape index (κ2) is 6.50. The van der Waals surface area contributed by atoms with Crippen molar-refractivity contribution in [1.82, 2.24) is 0 Å². The van der Waals surface area contributed by atoms with E-state index in [-0.39, 0.29) is 0 Å². The molecular formula is C11H17NO3S. The Kier molecular flexibility index (Phi) is 5.28. The summed E-state index contributed by atoms with van der Waals surface area (Å²) in [5, 5.41) is 0. The monoisotopic (exact) mass is 243 g/mol. The van der Waals surface area contributed by atoms with Crippen LogP contribution in [0.15, 0.2) is 23.1 Å². The van der Waals surface area contributed by atoms with E-state index in [2.05, 4.69) is 0 Å². The van der Waals surface area contributed by atoms with Gasteiger partial charge in [0.1, 0.15) is 5.75 Å². The largest absolute Gasteiger partial charge is 0.497 e. The minimum Gasteiger partial charge on any atom is -0.497 e. The lowest BCUT2D eigenvalue weighted by Gasteiger charge is -2.08. The van der Waals surface area contributed by atoms with Crippen molar-refractivity contribution in [2.45, 2.75) is 11.8 Å². The first-order valence-corrected chi connectivity index (χ1v) is 6.40. The van der Waals surface area contributed by atoms with Gasteiger partial charge >= 0.3 is 0 Å². The molecule has 0 amide bonds. The van der Waals surface area contributed by atoms with Crippen molar-refractivity contribution >= 4 is 16.5 Å². The Morgan fingerprint density at radius 1 is 1.44 bits per heavy atom. The van der Waals surface area contributed by atoms with Gasteiger partial charge in [0.05, 0.1) is 35.2 Å². The number of benzene rings is 1. The fourth-order valence-electron chi connectivity index (χ4n) is 1.23. The van der Waals surface area contributed by atoms with Crippen LogP contribution in [0.2, 0.25) is 0 Å². The second-order valence-corrected chi connectivity index (χ2v) is 4.69. The van der Waals surface area contributed by atoms with Gasteiger partial charge in [-0.2, -0.15) is 0 Å². The Morgan fingerprint density at radius 3 is 2.81 bits per heavy atom. The molecule has 0 bridgehead atoms. The summed E-state index contributed by atoms with van der Waals surface area (Å²) < 4.78 is 22.1. The topological polar surface area (TPSA) is 61.5 Å². The summed E-state index contributed by atoms with van der Waals surface area (Å²) in [7, 11) is 0.430. The molecule has 1 aromatic carbocycles. The minimum atomic E-state index is -1.14.